The Labute approximate surface area is 426 Å². The zero-order valence-electron chi connectivity index (χ0n) is 40.9. The molecule has 20 N–H and O–H groups in total. The van der Waals surface area contributed by atoms with Crippen molar-refractivity contribution in [2.24, 2.45) is 0 Å². The van der Waals surface area contributed by atoms with Crippen LogP contribution >= 0.6 is 0 Å². The molecule has 75 heavy (non-hydrogen) atoms. The Hall–Kier alpha value is -2.67. The molecular formula is C42H73N3O30. The van der Waals surface area contributed by atoms with Crippen molar-refractivity contribution in [3.05, 3.63) is 0 Å². The molecule has 0 aliphatic carbocycles. The van der Waals surface area contributed by atoms with Crippen molar-refractivity contribution in [3.8, 4) is 0 Å². The van der Waals surface area contributed by atoms with Crippen LogP contribution in [0.3, 0.4) is 0 Å². The Bertz CT molecular complexity index is 1800. The van der Waals surface area contributed by atoms with Crippen LogP contribution in [0, 0.1) is 0 Å². The molecule has 5 heterocycles. The summed E-state index contributed by atoms with van der Waals surface area (Å²) in [6.07, 6.45) is -48.6. The van der Waals surface area contributed by atoms with Crippen molar-refractivity contribution in [2.75, 3.05) is 39.6 Å². The van der Waals surface area contributed by atoms with Crippen molar-refractivity contribution in [2.45, 2.75) is 205 Å². The fourth-order valence-corrected chi connectivity index (χ4v) is 9.15. The first-order valence-corrected chi connectivity index (χ1v) is 23.9. The smallest absolute Gasteiger partial charge is 0.217 e. The lowest BCUT2D eigenvalue weighted by atomic mass is 9.94. The minimum Gasteiger partial charge on any atom is -0.394 e. The van der Waals surface area contributed by atoms with E-state index >= 15 is 0 Å². The molecule has 5 aliphatic heterocycles. The van der Waals surface area contributed by atoms with Crippen LogP contribution in [0.5, 0.6) is 0 Å². The summed E-state index contributed by atoms with van der Waals surface area (Å²) in [4.78, 5) is 36.9. The van der Waals surface area contributed by atoms with Crippen LogP contribution in [0.1, 0.15) is 27.7 Å². The number of nitrogens with one attached hydrogen (secondary N) is 3. The van der Waals surface area contributed by atoms with Crippen molar-refractivity contribution in [1.29, 1.82) is 0 Å². The Morgan fingerprint density at radius 3 is 1.51 bits per heavy atom. The van der Waals surface area contributed by atoms with Crippen LogP contribution in [0.25, 0.3) is 0 Å². The number of carbonyl (C=O) groups excluding carboxylic acids is 3. The molecule has 5 aliphatic rings. The third kappa shape index (κ3) is 14.8. The molecule has 0 aromatic rings. The van der Waals surface area contributed by atoms with Crippen molar-refractivity contribution in [3.63, 3.8) is 0 Å². The van der Waals surface area contributed by atoms with Gasteiger partial charge in [0.1, 0.15) is 134 Å². The molecule has 5 rings (SSSR count). The SMILES string of the molecule is CC(=O)N[C@H]1[C@@H](O[C@H]2[C@@H](O)[C@@H](CO)O[C@@H](O[C@H]3[C@H](O)[C@@H](NC(C)=O)C(OC[C@@H](O)[C@H](O)[C@H](O[C@@H]4O[C@H](CO)[C@H](O)[C@H](O)[C@H]4O[C@@H]4O[C@@H](C)[C@@H](O)[C@@H](O)[C@@H]4O)[C@H](CO)NC(C)=O)O[C@@H]3CO)[C@@H]2O)O[C@H](CO)[C@H](O)[C@@H]1O. The molecule has 0 saturated carbocycles. The molecule has 0 aromatic carbocycles. The average molecular weight is 1100 g/mol. The quantitative estimate of drug-likeness (QED) is 0.0479. The number of rotatable bonds is 22. The number of hydrogen-bond acceptors (Lipinski definition) is 30. The van der Waals surface area contributed by atoms with Crippen molar-refractivity contribution >= 4 is 17.7 Å². The van der Waals surface area contributed by atoms with Crippen LogP contribution in [-0.2, 0) is 61.8 Å². The highest BCUT2D eigenvalue weighted by molar-refractivity contribution is 5.74. The van der Waals surface area contributed by atoms with Gasteiger partial charge in [-0.15, -0.1) is 0 Å². The van der Waals surface area contributed by atoms with Gasteiger partial charge in [-0.2, -0.15) is 0 Å². The first kappa shape index (κ1) is 63.2. The van der Waals surface area contributed by atoms with E-state index in [0.717, 1.165) is 20.8 Å². The predicted molar refractivity (Wildman–Crippen MR) is 235 cm³/mol. The topological polar surface area (TPSA) is 524 Å². The van der Waals surface area contributed by atoms with Gasteiger partial charge in [0.25, 0.3) is 0 Å². The molecule has 5 fully saturated rings. The van der Waals surface area contributed by atoms with E-state index in [1.54, 1.807) is 0 Å². The number of aliphatic hydroxyl groups excluding tert-OH is 17. The minimum absolute atomic E-state index is 0.743. The fraction of sp³-hybridized carbons (Fsp3) is 0.929. The van der Waals surface area contributed by atoms with Gasteiger partial charge in [-0.3, -0.25) is 14.4 Å². The maximum Gasteiger partial charge on any atom is 0.217 e. The normalized spacial score (nSPS) is 44.2. The molecule has 33 heteroatoms. The van der Waals surface area contributed by atoms with Gasteiger partial charge in [0.05, 0.1) is 51.8 Å². The summed E-state index contributed by atoms with van der Waals surface area (Å²) in [7, 11) is 0. The van der Waals surface area contributed by atoms with E-state index in [2.05, 4.69) is 16.0 Å². The average Bonchev–Trinajstić information content (AvgIpc) is 3.36. The lowest BCUT2D eigenvalue weighted by Gasteiger charge is -2.49. The van der Waals surface area contributed by atoms with Crippen LogP contribution in [0.2, 0.25) is 0 Å². The second kappa shape index (κ2) is 28.0. The van der Waals surface area contributed by atoms with Crippen LogP contribution < -0.4 is 16.0 Å². The molecule has 0 aromatic heterocycles. The Morgan fingerprint density at radius 2 is 0.960 bits per heavy atom. The summed E-state index contributed by atoms with van der Waals surface area (Å²) in [5, 5.41) is 190. The number of carbonyl (C=O) groups is 3. The third-order valence-corrected chi connectivity index (χ3v) is 13.2. The number of aliphatic hydroxyl groups is 17. The van der Waals surface area contributed by atoms with Crippen LogP contribution in [-0.4, -0.2) is 322 Å². The molecule has 436 valence electrons. The van der Waals surface area contributed by atoms with Gasteiger partial charge in [0, 0.05) is 20.8 Å². The summed E-state index contributed by atoms with van der Waals surface area (Å²) in [5.41, 5.74) is 0. The van der Waals surface area contributed by atoms with E-state index in [1.807, 2.05) is 0 Å². The van der Waals surface area contributed by atoms with Gasteiger partial charge in [-0.05, 0) is 6.92 Å². The van der Waals surface area contributed by atoms with E-state index in [4.69, 9.17) is 47.4 Å². The van der Waals surface area contributed by atoms with Gasteiger partial charge in [-0.25, -0.2) is 0 Å². The monoisotopic (exact) mass is 1100 g/mol. The number of amides is 3. The summed E-state index contributed by atoms with van der Waals surface area (Å²) in [6, 6.07) is -4.96. The minimum atomic E-state index is -2.30. The van der Waals surface area contributed by atoms with Crippen molar-refractivity contribution < 1.29 is 149 Å². The van der Waals surface area contributed by atoms with E-state index in [1.165, 1.54) is 6.92 Å². The largest absolute Gasteiger partial charge is 0.394 e. The lowest BCUT2D eigenvalue weighted by molar-refractivity contribution is -0.374. The predicted octanol–water partition coefficient (Wildman–Crippen LogP) is -13.0. The molecule has 3 amide bonds. The van der Waals surface area contributed by atoms with Gasteiger partial charge in [-0.1, -0.05) is 0 Å². The van der Waals surface area contributed by atoms with Crippen LogP contribution in [0.4, 0.5) is 0 Å². The molecule has 0 bridgehead atoms. The van der Waals surface area contributed by atoms with E-state index in [-0.39, 0.29) is 0 Å². The van der Waals surface area contributed by atoms with Gasteiger partial charge >= 0.3 is 0 Å². The maximum absolute atomic E-state index is 12.5. The molecule has 0 spiro atoms. The maximum atomic E-state index is 12.5. The second-order valence-electron chi connectivity index (χ2n) is 18.8. The third-order valence-electron chi connectivity index (χ3n) is 13.2. The fourth-order valence-electron chi connectivity index (χ4n) is 9.15. The van der Waals surface area contributed by atoms with E-state index in [9.17, 15) is 101 Å². The second-order valence-corrected chi connectivity index (χ2v) is 18.8. The molecule has 29 atom stereocenters. The molecule has 5 saturated heterocycles. The summed E-state index contributed by atoms with van der Waals surface area (Å²) in [5.74, 6) is -2.40. The molecule has 0 radical (unpaired) electrons. The Balaban J connectivity index is 1.36. The van der Waals surface area contributed by atoms with Gasteiger partial charge in [0.15, 0.2) is 31.5 Å². The number of hydrogen-bond donors (Lipinski definition) is 20. The number of ether oxygens (including phenoxy) is 10. The highest BCUT2D eigenvalue weighted by Gasteiger charge is 2.56. The first-order chi connectivity index (χ1) is 35.3. The van der Waals surface area contributed by atoms with Gasteiger partial charge < -0.3 is 150 Å². The lowest BCUT2D eigenvalue weighted by Crippen LogP contribution is -2.69. The Morgan fingerprint density at radius 1 is 0.480 bits per heavy atom. The highest BCUT2D eigenvalue weighted by Crippen LogP contribution is 2.35. The summed E-state index contributed by atoms with van der Waals surface area (Å²) >= 11 is 0. The Kier molecular flexibility index (Phi) is 23.5. The zero-order valence-corrected chi connectivity index (χ0v) is 40.9. The summed E-state index contributed by atoms with van der Waals surface area (Å²) < 4.78 is 57.2. The van der Waals surface area contributed by atoms with Gasteiger partial charge in [0.2, 0.25) is 17.7 Å². The molecular weight excluding hydrogens is 1030 g/mol. The standard InChI is InChI=1S/C42H73N3O30/c1-11-23(55)30(62)32(64)40(67-11)75-37-31(63)26(58)18(7-48)70-42(37)72-34(15(5-46)43-12(2)51)24(56)16(54)10-66-38-22(45-14(4)53)29(61)35(20(9-50)71-38)73-41-33(65)36(27(59)19(8-49)69-41)74-39-21(44-13(3)52)28(60)25(57)17(6-47)68-39/h11,15-42,46-50,54-65H,5-10H2,1-4H3,(H,43,51)(H,44,52)(H,45,53)/t11-,15-,16+,17+,18+,19+,20+,21+,22+,23+,24-,25-,26-,27-,28+,29+,30+,31-,32-,33+,34+,35+,36-,37+,38?,39+,40-,41-,42-/m0/s1. The van der Waals surface area contributed by atoms with Crippen LogP contribution in [0.15, 0.2) is 0 Å². The first-order valence-electron chi connectivity index (χ1n) is 23.9. The van der Waals surface area contributed by atoms with Crippen molar-refractivity contribution in [1.82, 2.24) is 16.0 Å². The highest BCUT2D eigenvalue weighted by atomic mass is 16.8. The molecule has 1 unspecified atom stereocenters. The molecule has 33 nitrogen and oxygen atoms in total. The zero-order chi connectivity index (χ0) is 55.9. The van der Waals surface area contributed by atoms with E-state index < -0.39 is 235 Å². The van der Waals surface area contributed by atoms with E-state index in [0.29, 0.717) is 0 Å². The summed E-state index contributed by atoms with van der Waals surface area (Å²) in [6.45, 7) is -1.54.